The first-order valence-corrected chi connectivity index (χ1v) is 5.41. The van der Waals surface area contributed by atoms with Crippen molar-refractivity contribution in [3.8, 4) is 0 Å². The normalized spacial score (nSPS) is 18.4. The van der Waals surface area contributed by atoms with Gasteiger partial charge in [0.05, 0.1) is 13.2 Å². The quantitative estimate of drug-likeness (QED) is 0.741. The van der Waals surface area contributed by atoms with Crippen LogP contribution in [0.5, 0.6) is 0 Å². The van der Waals surface area contributed by atoms with Crippen molar-refractivity contribution < 1.29 is 5.11 Å². The van der Waals surface area contributed by atoms with Crippen molar-refractivity contribution in [1.29, 1.82) is 0 Å². The molecule has 5 heteroatoms. The summed E-state index contributed by atoms with van der Waals surface area (Å²) >= 11 is 0. The summed E-state index contributed by atoms with van der Waals surface area (Å²) < 4.78 is 1.90. The lowest BCUT2D eigenvalue weighted by Gasteiger charge is -2.15. The lowest BCUT2D eigenvalue weighted by Crippen LogP contribution is -2.35. The summed E-state index contributed by atoms with van der Waals surface area (Å²) in [5.74, 6) is 0.935. The molecular weight excluding hydrogens is 192 g/mol. The zero-order valence-corrected chi connectivity index (χ0v) is 9.27. The average molecular weight is 210 g/mol. The lowest BCUT2D eigenvalue weighted by atomic mass is 10.3. The van der Waals surface area contributed by atoms with E-state index in [-0.39, 0.29) is 12.1 Å². The van der Waals surface area contributed by atoms with Gasteiger partial charge in [-0.05, 0) is 26.7 Å². The summed E-state index contributed by atoms with van der Waals surface area (Å²) in [5, 5.41) is 16.7. The van der Waals surface area contributed by atoms with Crippen LogP contribution in [0.3, 0.4) is 0 Å². The summed E-state index contributed by atoms with van der Waals surface area (Å²) in [4.78, 5) is 4.21. The van der Waals surface area contributed by atoms with Gasteiger partial charge in [0, 0.05) is 11.6 Å². The first-order chi connectivity index (χ1) is 7.17. The van der Waals surface area contributed by atoms with E-state index < -0.39 is 0 Å². The van der Waals surface area contributed by atoms with Gasteiger partial charge in [0.15, 0.2) is 0 Å². The second kappa shape index (κ2) is 3.90. The zero-order chi connectivity index (χ0) is 10.9. The number of aliphatic hydroxyl groups excluding tert-OH is 1. The van der Waals surface area contributed by atoms with Gasteiger partial charge in [-0.15, -0.1) is 0 Å². The first-order valence-electron chi connectivity index (χ1n) is 5.41. The summed E-state index contributed by atoms with van der Waals surface area (Å²) in [5.41, 5.74) is -0.0340. The Kier molecular flexibility index (Phi) is 2.75. The smallest absolute Gasteiger partial charge is 0.141 e. The topological polar surface area (TPSA) is 63.0 Å². The van der Waals surface area contributed by atoms with Crippen molar-refractivity contribution in [3.05, 3.63) is 12.2 Å². The first kappa shape index (κ1) is 10.6. The Hall–Kier alpha value is -0.940. The fourth-order valence-electron chi connectivity index (χ4n) is 1.64. The molecule has 1 aromatic heterocycles. The molecule has 0 amide bonds. The lowest BCUT2D eigenvalue weighted by molar-refractivity contribution is 0.228. The van der Waals surface area contributed by atoms with Crippen LogP contribution in [0.15, 0.2) is 6.33 Å². The van der Waals surface area contributed by atoms with Crippen LogP contribution >= 0.6 is 0 Å². The molecule has 5 nitrogen and oxygen atoms in total. The molecule has 84 valence electrons. The van der Waals surface area contributed by atoms with Gasteiger partial charge in [-0.2, -0.15) is 5.10 Å². The summed E-state index contributed by atoms with van der Waals surface area (Å²) in [6.07, 6.45) is 3.69. The molecule has 1 aliphatic carbocycles. The van der Waals surface area contributed by atoms with Gasteiger partial charge in [-0.25, -0.2) is 9.67 Å². The predicted octanol–water partition coefficient (Wildman–Crippen LogP) is 0.473. The van der Waals surface area contributed by atoms with E-state index in [4.69, 9.17) is 5.11 Å². The number of aromatic nitrogens is 3. The molecule has 0 bridgehead atoms. The van der Waals surface area contributed by atoms with E-state index >= 15 is 0 Å². The molecule has 1 fully saturated rings. The highest BCUT2D eigenvalue weighted by molar-refractivity contribution is 5.02. The van der Waals surface area contributed by atoms with Gasteiger partial charge < -0.3 is 10.4 Å². The van der Waals surface area contributed by atoms with E-state index in [1.54, 1.807) is 6.33 Å². The average Bonchev–Trinajstić information content (AvgIpc) is 2.84. The molecule has 15 heavy (non-hydrogen) atoms. The monoisotopic (exact) mass is 210 g/mol. The van der Waals surface area contributed by atoms with Crippen LogP contribution in [-0.4, -0.2) is 32.0 Å². The molecule has 0 atom stereocenters. The van der Waals surface area contributed by atoms with Crippen molar-refractivity contribution in [3.63, 3.8) is 0 Å². The fraction of sp³-hybridized carbons (Fsp3) is 0.800. The van der Waals surface area contributed by atoms with Crippen molar-refractivity contribution in [2.24, 2.45) is 0 Å². The molecule has 1 aliphatic rings. The summed E-state index contributed by atoms with van der Waals surface area (Å²) in [6.45, 7) is 5.05. The zero-order valence-electron chi connectivity index (χ0n) is 9.27. The highest BCUT2D eigenvalue weighted by atomic mass is 16.3. The third kappa shape index (κ3) is 2.18. The SMILES string of the molecule is CC(C)n1ncnc1CNC1(CO)CC1. The molecule has 0 unspecified atom stereocenters. The Balaban J connectivity index is 1.96. The van der Waals surface area contributed by atoms with Crippen molar-refractivity contribution in [2.45, 2.75) is 44.8 Å². The second-order valence-corrected chi connectivity index (χ2v) is 4.51. The van der Waals surface area contributed by atoms with Crippen LogP contribution < -0.4 is 5.32 Å². The highest BCUT2D eigenvalue weighted by Crippen LogP contribution is 2.34. The van der Waals surface area contributed by atoms with Gasteiger partial charge in [0.1, 0.15) is 12.2 Å². The van der Waals surface area contributed by atoms with E-state index in [0.29, 0.717) is 12.6 Å². The predicted molar refractivity (Wildman–Crippen MR) is 56.3 cm³/mol. The number of nitrogens with zero attached hydrogens (tertiary/aromatic N) is 3. The minimum Gasteiger partial charge on any atom is -0.394 e. The summed E-state index contributed by atoms with van der Waals surface area (Å²) in [7, 11) is 0. The molecule has 0 aliphatic heterocycles. The maximum atomic E-state index is 9.16. The van der Waals surface area contributed by atoms with Gasteiger partial charge in [-0.3, -0.25) is 0 Å². The Morgan fingerprint density at radius 3 is 2.87 bits per heavy atom. The van der Waals surface area contributed by atoms with E-state index in [1.165, 1.54) is 0 Å². The number of hydrogen-bond acceptors (Lipinski definition) is 4. The van der Waals surface area contributed by atoms with Crippen molar-refractivity contribution in [1.82, 2.24) is 20.1 Å². The van der Waals surface area contributed by atoms with Crippen LogP contribution in [0.1, 0.15) is 38.6 Å². The van der Waals surface area contributed by atoms with E-state index in [9.17, 15) is 0 Å². The molecule has 1 heterocycles. The third-order valence-electron chi connectivity index (χ3n) is 2.91. The largest absolute Gasteiger partial charge is 0.394 e. The Labute approximate surface area is 89.5 Å². The second-order valence-electron chi connectivity index (χ2n) is 4.51. The maximum Gasteiger partial charge on any atom is 0.141 e. The number of nitrogens with one attached hydrogen (secondary N) is 1. The molecule has 0 saturated heterocycles. The number of rotatable bonds is 5. The minimum absolute atomic E-state index is 0.0340. The van der Waals surface area contributed by atoms with Gasteiger partial charge in [-0.1, -0.05) is 0 Å². The third-order valence-corrected chi connectivity index (χ3v) is 2.91. The van der Waals surface area contributed by atoms with Gasteiger partial charge in [0.25, 0.3) is 0 Å². The van der Waals surface area contributed by atoms with Crippen LogP contribution in [0.4, 0.5) is 0 Å². The number of hydrogen-bond donors (Lipinski definition) is 2. The molecule has 2 N–H and O–H groups in total. The molecule has 2 rings (SSSR count). The Bertz CT molecular complexity index is 330. The van der Waals surface area contributed by atoms with Crippen molar-refractivity contribution >= 4 is 0 Å². The number of aliphatic hydroxyl groups is 1. The van der Waals surface area contributed by atoms with Gasteiger partial charge in [0.2, 0.25) is 0 Å². The molecule has 0 radical (unpaired) electrons. The van der Waals surface area contributed by atoms with E-state index in [2.05, 4.69) is 29.2 Å². The van der Waals surface area contributed by atoms with Gasteiger partial charge >= 0.3 is 0 Å². The minimum atomic E-state index is -0.0340. The molecule has 1 aromatic rings. The van der Waals surface area contributed by atoms with Crippen LogP contribution in [0, 0.1) is 0 Å². The molecule has 0 aromatic carbocycles. The molecular formula is C10H18N4O. The van der Waals surface area contributed by atoms with Crippen LogP contribution in [0.25, 0.3) is 0 Å². The Morgan fingerprint density at radius 1 is 1.60 bits per heavy atom. The Morgan fingerprint density at radius 2 is 2.33 bits per heavy atom. The highest BCUT2D eigenvalue weighted by Gasteiger charge is 2.41. The standard InChI is InChI=1S/C10H18N4O/c1-8(2)14-9(11-7-13-14)5-12-10(6-15)3-4-10/h7-8,12,15H,3-6H2,1-2H3. The van der Waals surface area contributed by atoms with Crippen molar-refractivity contribution in [2.75, 3.05) is 6.61 Å². The maximum absolute atomic E-state index is 9.16. The fourth-order valence-corrected chi connectivity index (χ4v) is 1.64. The molecule has 1 saturated carbocycles. The van der Waals surface area contributed by atoms with Crippen LogP contribution in [-0.2, 0) is 6.54 Å². The van der Waals surface area contributed by atoms with E-state index in [1.807, 2.05) is 4.68 Å². The summed E-state index contributed by atoms with van der Waals surface area (Å²) in [6, 6.07) is 0.327. The van der Waals surface area contributed by atoms with E-state index in [0.717, 1.165) is 18.7 Å². The molecule has 0 spiro atoms. The van der Waals surface area contributed by atoms with Crippen LogP contribution in [0.2, 0.25) is 0 Å².